The van der Waals surface area contributed by atoms with Gasteiger partial charge in [-0.15, -0.1) is 4.68 Å². The van der Waals surface area contributed by atoms with Gasteiger partial charge in [-0.25, -0.2) is 9.78 Å². The number of carbonyl (C=O) groups is 1. The van der Waals surface area contributed by atoms with Gasteiger partial charge in [0.2, 0.25) is 0 Å². The van der Waals surface area contributed by atoms with Crippen molar-refractivity contribution in [1.82, 2.24) is 14.8 Å². The summed E-state index contributed by atoms with van der Waals surface area (Å²) in [6, 6.07) is 1.84. The Morgan fingerprint density at radius 3 is 2.76 bits per heavy atom. The predicted octanol–water partition coefficient (Wildman–Crippen LogP) is 2.98. The van der Waals surface area contributed by atoms with Crippen LogP contribution in [0, 0.1) is 0 Å². The number of rotatable bonds is 0. The first-order valence-corrected chi connectivity index (χ1v) is 5.89. The molecule has 0 unspecified atom stereocenters. The molecule has 0 N–H and O–H groups in total. The molecule has 0 amide bonds. The molecule has 0 saturated carbocycles. The first kappa shape index (κ1) is 12.0. The molecule has 0 radical (unpaired) electrons. The molecule has 0 aromatic carbocycles. The second kappa shape index (κ2) is 4.10. The fourth-order valence-corrected chi connectivity index (χ4v) is 1.68. The SMILES string of the molecule is CC(C)(C)OC(=O)n1ncc2cc(Br)cnc21. The number of hydrogen-bond acceptors (Lipinski definition) is 4. The van der Waals surface area contributed by atoms with Crippen molar-refractivity contribution in [2.24, 2.45) is 0 Å². The van der Waals surface area contributed by atoms with Crippen LogP contribution in [0.15, 0.2) is 22.9 Å². The predicted molar refractivity (Wildman–Crippen MR) is 66.9 cm³/mol. The Kier molecular flexibility index (Phi) is 2.91. The molecule has 2 heterocycles. The summed E-state index contributed by atoms with van der Waals surface area (Å²) in [7, 11) is 0. The van der Waals surface area contributed by atoms with E-state index in [2.05, 4.69) is 26.0 Å². The summed E-state index contributed by atoms with van der Waals surface area (Å²) in [5.41, 5.74) is -0.0625. The average Bonchev–Trinajstić information content (AvgIpc) is 2.57. The minimum atomic E-state index is -0.551. The fourth-order valence-electron chi connectivity index (χ4n) is 1.33. The lowest BCUT2D eigenvalue weighted by molar-refractivity contribution is 0.0522. The Morgan fingerprint density at radius 1 is 1.41 bits per heavy atom. The first-order valence-electron chi connectivity index (χ1n) is 5.09. The Morgan fingerprint density at radius 2 is 2.12 bits per heavy atom. The van der Waals surface area contributed by atoms with Gasteiger partial charge in [0.05, 0.1) is 6.20 Å². The Labute approximate surface area is 107 Å². The van der Waals surface area contributed by atoms with Crippen molar-refractivity contribution in [2.45, 2.75) is 26.4 Å². The first-order chi connectivity index (χ1) is 7.87. The van der Waals surface area contributed by atoms with Crippen LogP contribution < -0.4 is 0 Å². The molecule has 0 aliphatic heterocycles. The lowest BCUT2D eigenvalue weighted by atomic mass is 10.2. The molecule has 0 bridgehead atoms. The monoisotopic (exact) mass is 297 g/mol. The largest absolute Gasteiger partial charge is 0.442 e. The van der Waals surface area contributed by atoms with E-state index in [1.807, 2.05) is 6.07 Å². The number of fused-ring (bicyclic) bond motifs is 1. The van der Waals surface area contributed by atoms with Crippen LogP contribution in [-0.2, 0) is 4.74 Å². The highest BCUT2D eigenvalue weighted by atomic mass is 79.9. The van der Waals surface area contributed by atoms with Gasteiger partial charge in [0, 0.05) is 16.1 Å². The standard InChI is InChI=1S/C11H12BrN3O2/c1-11(2,3)17-10(16)15-9-7(5-14-15)4-8(12)6-13-9/h4-6H,1-3H3. The number of ether oxygens (including phenoxy) is 1. The number of aromatic nitrogens is 3. The summed E-state index contributed by atoms with van der Waals surface area (Å²) in [5.74, 6) is 0. The van der Waals surface area contributed by atoms with Gasteiger partial charge in [-0.05, 0) is 42.8 Å². The third kappa shape index (κ3) is 2.63. The zero-order valence-corrected chi connectivity index (χ0v) is 11.4. The second-order valence-electron chi connectivity index (χ2n) is 4.60. The molecule has 6 heteroatoms. The van der Waals surface area contributed by atoms with Gasteiger partial charge in [0.1, 0.15) is 5.60 Å². The number of nitrogens with zero attached hydrogens (tertiary/aromatic N) is 3. The van der Waals surface area contributed by atoms with E-state index in [1.165, 1.54) is 0 Å². The molecule has 2 aromatic heterocycles. The van der Waals surface area contributed by atoms with Crippen molar-refractivity contribution in [3.63, 3.8) is 0 Å². The van der Waals surface area contributed by atoms with E-state index in [4.69, 9.17) is 4.74 Å². The van der Waals surface area contributed by atoms with Crippen LogP contribution in [-0.4, -0.2) is 26.5 Å². The minimum Gasteiger partial charge on any atom is -0.442 e. The van der Waals surface area contributed by atoms with E-state index in [9.17, 15) is 4.79 Å². The summed E-state index contributed by atoms with van der Waals surface area (Å²) in [5, 5.41) is 4.76. The maximum Gasteiger partial charge on any atom is 0.437 e. The van der Waals surface area contributed by atoms with Crippen molar-refractivity contribution in [3.8, 4) is 0 Å². The maximum absolute atomic E-state index is 11.8. The number of carbonyl (C=O) groups excluding carboxylic acids is 1. The summed E-state index contributed by atoms with van der Waals surface area (Å²) >= 11 is 3.31. The molecule has 5 nitrogen and oxygen atoms in total. The lowest BCUT2D eigenvalue weighted by Gasteiger charge is -2.18. The zero-order chi connectivity index (χ0) is 12.6. The summed E-state index contributed by atoms with van der Waals surface area (Å²) in [4.78, 5) is 16.0. The van der Waals surface area contributed by atoms with Crippen molar-refractivity contribution in [3.05, 3.63) is 22.9 Å². The highest BCUT2D eigenvalue weighted by molar-refractivity contribution is 9.10. The molecular formula is C11H12BrN3O2. The molecule has 2 aromatic rings. The van der Waals surface area contributed by atoms with Crippen molar-refractivity contribution >= 4 is 33.1 Å². The molecule has 17 heavy (non-hydrogen) atoms. The van der Waals surface area contributed by atoms with Crippen molar-refractivity contribution in [1.29, 1.82) is 0 Å². The molecule has 2 rings (SSSR count). The Bertz CT molecular complexity index is 572. The van der Waals surface area contributed by atoms with Gasteiger partial charge >= 0.3 is 6.09 Å². The van der Waals surface area contributed by atoms with Gasteiger partial charge in [-0.3, -0.25) is 0 Å². The zero-order valence-electron chi connectivity index (χ0n) is 9.77. The van der Waals surface area contributed by atoms with E-state index in [1.54, 1.807) is 33.2 Å². The van der Waals surface area contributed by atoms with E-state index < -0.39 is 11.7 Å². The number of halogens is 1. The highest BCUT2D eigenvalue weighted by Crippen LogP contribution is 2.18. The third-order valence-corrected chi connectivity index (χ3v) is 2.37. The van der Waals surface area contributed by atoms with Gasteiger partial charge in [-0.1, -0.05) is 0 Å². The summed E-state index contributed by atoms with van der Waals surface area (Å²) in [6.07, 6.45) is 2.67. The van der Waals surface area contributed by atoms with E-state index in [0.717, 1.165) is 14.5 Å². The molecule has 0 spiro atoms. The maximum atomic E-state index is 11.8. The number of pyridine rings is 1. The summed E-state index contributed by atoms with van der Waals surface area (Å²) in [6.45, 7) is 5.42. The molecule has 90 valence electrons. The van der Waals surface area contributed by atoms with Crippen LogP contribution in [0.5, 0.6) is 0 Å². The van der Waals surface area contributed by atoms with Crippen LogP contribution in [0.4, 0.5) is 4.79 Å². The quantitative estimate of drug-likeness (QED) is 0.750. The van der Waals surface area contributed by atoms with E-state index >= 15 is 0 Å². The lowest BCUT2D eigenvalue weighted by Crippen LogP contribution is -2.27. The van der Waals surface area contributed by atoms with E-state index in [-0.39, 0.29) is 0 Å². The van der Waals surface area contributed by atoms with Crippen LogP contribution >= 0.6 is 15.9 Å². The molecule has 0 aliphatic rings. The Hall–Kier alpha value is -1.43. The molecule has 0 atom stereocenters. The van der Waals surface area contributed by atoms with Crippen LogP contribution in [0.1, 0.15) is 20.8 Å². The van der Waals surface area contributed by atoms with Gasteiger partial charge in [-0.2, -0.15) is 5.10 Å². The van der Waals surface area contributed by atoms with Crippen LogP contribution in [0.3, 0.4) is 0 Å². The van der Waals surface area contributed by atoms with Crippen LogP contribution in [0.2, 0.25) is 0 Å². The fraction of sp³-hybridized carbons (Fsp3) is 0.364. The topological polar surface area (TPSA) is 57.0 Å². The van der Waals surface area contributed by atoms with Gasteiger partial charge < -0.3 is 4.74 Å². The third-order valence-electron chi connectivity index (χ3n) is 1.94. The Balaban J connectivity index is 2.40. The summed E-state index contributed by atoms with van der Waals surface area (Å²) < 4.78 is 7.23. The average molecular weight is 298 g/mol. The molecule has 0 fully saturated rings. The second-order valence-corrected chi connectivity index (χ2v) is 5.52. The van der Waals surface area contributed by atoms with E-state index in [0.29, 0.717) is 5.65 Å². The number of hydrogen-bond donors (Lipinski definition) is 0. The normalized spacial score (nSPS) is 11.8. The smallest absolute Gasteiger partial charge is 0.437 e. The van der Waals surface area contributed by atoms with Gasteiger partial charge in [0.25, 0.3) is 0 Å². The molecule has 0 aliphatic carbocycles. The van der Waals surface area contributed by atoms with Crippen LogP contribution in [0.25, 0.3) is 11.0 Å². The highest BCUT2D eigenvalue weighted by Gasteiger charge is 2.20. The minimum absolute atomic E-state index is 0.488. The van der Waals surface area contributed by atoms with Gasteiger partial charge in [0.15, 0.2) is 5.65 Å². The molecule has 0 saturated heterocycles. The van der Waals surface area contributed by atoms with Crippen molar-refractivity contribution in [2.75, 3.05) is 0 Å². The van der Waals surface area contributed by atoms with Crippen molar-refractivity contribution < 1.29 is 9.53 Å². The molecular weight excluding hydrogens is 286 g/mol.